The van der Waals surface area contributed by atoms with Crippen LogP contribution in [0.4, 0.5) is 5.69 Å². The first kappa shape index (κ1) is 15.4. The van der Waals surface area contributed by atoms with Gasteiger partial charge in [0.2, 0.25) is 0 Å². The number of nitrogens with zero attached hydrogens (tertiary/aromatic N) is 2. The molecular weight excluding hydrogens is 266 g/mol. The highest BCUT2D eigenvalue weighted by Gasteiger charge is 2.21. The van der Waals surface area contributed by atoms with Gasteiger partial charge in [0.05, 0.1) is 15.8 Å². The van der Waals surface area contributed by atoms with Gasteiger partial charge in [-0.15, -0.1) is 0 Å². The van der Waals surface area contributed by atoms with Crippen molar-refractivity contribution in [2.45, 2.75) is 39.2 Å². The predicted octanol–water partition coefficient (Wildman–Crippen LogP) is 3.63. The predicted molar refractivity (Wildman–Crippen MR) is 84.6 cm³/mol. The Morgan fingerprint density at radius 2 is 2.10 bits per heavy atom. The minimum absolute atomic E-state index is 0.114. The monoisotopic (exact) mass is 287 g/mol. The zero-order valence-corrected chi connectivity index (χ0v) is 12.7. The molecule has 112 valence electrons. The van der Waals surface area contributed by atoms with E-state index in [0.29, 0.717) is 5.39 Å². The van der Waals surface area contributed by atoms with Crippen LogP contribution in [0.2, 0.25) is 0 Å². The smallest absolute Gasteiger partial charge is 0.278 e. The Kier molecular flexibility index (Phi) is 4.85. The van der Waals surface area contributed by atoms with Gasteiger partial charge in [-0.3, -0.25) is 15.1 Å². The second kappa shape index (κ2) is 6.63. The normalized spacial score (nSPS) is 14.0. The molecule has 0 saturated carbocycles. The standard InChI is InChI=1S/C16H21N3O2/c1-4-9-17-12(3)11(2)13-7-8-15(19(20)21)14-6-5-10-18-16(13)14/h5-8,10-12,17H,4,9H2,1-3H3. The lowest BCUT2D eigenvalue weighted by Crippen LogP contribution is -2.31. The molecule has 1 heterocycles. The number of hydrogen-bond acceptors (Lipinski definition) is 4. The van der Waals surface area contributed by atoms with E-state index >= 15 is 0 Å². The lowest BCUT2D eigenvalue weighted by molar-refractivity contribution is -0.383. The van der Waals surface area contributed by atoms with E-state index in [1.165, 1.54) is 0 Å². The van der Waals surface area contributed by atoms with Crippen molar-refractivity contribution in [1.82, 2.24) is 10.3 Å². The fraction of sp³-hybridized carbons (Fsp3) is 0.438. The summed E-state index contributed by atoms with van der Waals surface area (Å²) in [5.41, 5.74) is 1.89. The Hall–Kier alpha value is -2.01. The van der Waals surface area contributed by atoms with Gasteiger partial charge in [0.25, 0.3) is 5.69 Å². The maximum Gasteiger partial charge on any atom is 0.278 e. The van der Waals surface area contributed by atoms with E-state index in [0.717, 1.165) is 24.0 Å². The molecule has 5 nitrogen and oxygen atoms in total. The quantitative estimate of drug-likeness (QED) is 0.650. The average Bonchev–Trinajstić information content (AvgIpc) is 2.50. The molecule has 1 aromatic carbocycles. The van der Waals surface area contributed by atoms with Crippen molar-refractivity contribution in [1.29, 1.82) is 0 Å². The summed E-state index contributed by atoms with van der Waals surface area (Å²) < 4.78 is 0. The van der Waals surface area contributed by atoms with Crippen LogP contribution in [0.25, 0.3) is 10.9 Å². The zero-order valence-electron chi connectivity index (χ0n) is 12.7. The number of nitro benzene ring substituents is 1. The van der Waals surface area contributed by atoms with E-state index in [1.54, 1.807) is 24.4 Å². The van der Waals surface area contributed by atoms with Gasteiger partial charge in [-0.25, -0.2) is 0 Å². The van der Waals surface area contributed by atoms with Crippen molar-refractivity contribution in [3.63, 3.8) is 0 Å². The van der Waals surface area contributed by atoms with Crippen LogP contribution in [-0.4, -0.2) is 22.5 Å². The third kappa shape index (κ3) is 3.19. The fourth-order valence-corrected chi connectivity index (χ4v) is 2.52. The highest BCUT2D eigenvalue weighted by atomic mass is 16.6. The average molecular weight is 287 g/mol. The van der Waals surface area contributed by atoms with Gasteiger partial charge in [-0.1, -0.05) is 13.8 Å². The number of benzene rings is 1. The molecule has 0 saturated heterocycles. The van der Waals surface area contributed by atoms with Gasteiger partial charge in [-0.05, 0) is 49.6 Å². The summed E-state index contributed by atoms with van der Waals surface area (Å²) in [6.45, 7) is 7.36. The molecule has 2 aromatic rings. The molecule has 0 radical (unpaired) electrons. The van der Waals surface area contributed by atoms with Gasteiger partial charge in [-0.2, -0.15) is 0 Å². The van der Waals surface area contributed by atoms with Crippen LogP contribution in [-0.2, 0) is 0 Å². The molecule has 1 N–H and O–H groups in total. The first-order valence-corrected chi connectivity index (χ1v) is 7.31. The van der Waals surface area contributed by atoms with Crippen LogP contribution >= 0.6 is 0 Å². The van der Waals surface area contributed by atoms with Gasteiger partial charge < -0.3 is 5.32 Å². The van der Waals surface area contributed by atoms with Crippen molar-refractivity contribution < 1.29 is 4.92 Å². The van der Waals surface area contributed by atoms with Crippen LogP contribution in [0.3, 0.4) is 0 Å². The van der Waals surface area contributed by atoms with Crippen molar-refractivity contribution >= 4 is 16.6 Å². The first-order chi connectivity index (χ1) is 10.1. The number of hydrogen-bond donors (Lipinski definition) is 1. The third-order valence-electron chi connectivity index (χ3n) is 3.93. The van der Waals surface area contributed by atoms with E-state index in [4.69, 9.17) is 0 Å². The SMILES string of the molecule is CCCNC(C)C(C)c1ccc([N+](=O)[O-])c2cccnc12. The summed E-state index contributed by atoms with van der Waals surface area (Å²) in [6.07, 6.45) is 2.77. The summed E-state index contributed by atoms with van der Waals surface area (Å²) in [5, 5.41) is 15.2. The fourth-order valence-electron chi connectivity index (χ4n) is 2.52. The third-order valence-corrected chi connectivity index (χ3v) is 3.93. The summed E-state index contributed by atoms with van der Waals surface area (Å²) >= 11 is 0. The van der Waals surface area contributed by atoms with Crippen LogP contribution in [0.15, 0.2) is 30.5 Å². The van der Waals surface area contributed by atoms with Crippen LogP contribution < -0.4 is 5.32 Å². The first-order valence-electron chi connectivity index (χ1n) is 7.31. The molecule has 0 aliphatic heterocycles. The summed E-state index contributed by atoms with van der Waals surface area (Å²) in [6, 6.07) is 7.21. The molecule has 2 atom stereocenters. The number of pyridine rings is 1. The maximum absolute atomic E-state index is 11.1. The Morgan fingerprint density at radius 1 is 1.33 bits per heavy atom. The van der Waals surface area contributed by atoms with Crippen molar-refractivity contribution in [2.24, 2.45) is 0 Å². The molecule has 2 unspecified atom stereocenters. The Balaban J connectivity index is 2.46. The molecule has 0 spiro atoms. The molecule has 2 rings (SSSR count). The number of aromatic nitrogens is 1. The van der Waals surface area contributed by atoms with E-state index in [2.05, 4.69) is 31.1 Å². The number of rotatable bonds is 6. The molecule has 1 aromatic heterocycles. The van der Waals surface area contributed by atoms with Crippen molar-refractivity contribution in [3.05, 3.63) is 46.1 Å². The highest BCUT2D eigenvalue weighted by molar-refractivity contribution is 5.90. The molecule has 0 bridgehead atoms. The minimum Gasteiger partial charge on any atom is -0.314 e. The van der Waals surface area contributed by atoms with Gasteiger partial charge >= 0.3 is 0 Å². The number of nitro groups is 1. The van der Waals surface area contributed by atoms with E-state index in [9.17, 15) is 10.1 Å². The Bertz CT molecular complexity index is 642. The van der Waals surface area contributed by atoms with E-state index in [-0.39, 0.29) is 22.6 Å². The second-order valence-electron chi connectivity index (χ2n) is 5.36. The Morgan fingerprint density at radius 3 is 2.76 bits per heavy atom. The van der Waals surface area contributed by atoms with Gasteiger partial charge in [0.15, 0.2) is 0 Å². The van der Waals surface area contributed by atoms with E-state index < -0.39 is 0 Å². The minimum atomic E-state index is -0.350. The molecule has 21 heavy (non-hydrogen) atoms. The highest BCUT2D eigenvalue weighted by Crippen LogP contribution is 2.31. The molecule has 0 aliphatic rings. The lowest BCUT2D eigenvalue weighted by Gasteiger charge is -2.22. The molecule has 0 aliphatic carbocycles. The number of non-ortho nitro benzene ring substituents is 1. The molecule has 0 fully saturated rings. The van der Waals surface area contributed by atoms with Crippen molar-refractivity contribution in [2.75, 3.05) is 6.54 Å². The van der Waals surface area contributed by atoms with E-state index in [1.807, 2.05) is 6.07 Å². The largest absolute Gasteiger partial charge is 0.314 e. The lowest BCUT2D eigenvalue weighted by atomic mass is 9.91. The topological polar surface area (TPSA) is 68.1 Å². The summed E-state index contributed by atoms with van der Waals surface area (Å²) in [7, 11) is 0. The summed E-state index contributed by atoms with van der Waals surface area (Å²) in [4.78, 5) is 15.2. The summed E-state index contributed by atoms with van der Waals surface area (Å²) in [5.74, 6) is 0.231. The molecular formula is C16H21N3O2. The van der Waals surface area contributed by atoms with Crippen molar-refractivity contribution in [3.8, 4) is 0 Å². The van der Waals surface area contributed by atoms with Gasteiger partial charge in [0, 0.05) is 18.3 Å². The number of fused-ring (bicyclic) bond motifs is 1. The second-order valence-corrected chi connectivity index (χ2v) is 5.36. The maximum atomic E-state index is 11.1. The molecule has 0 amide bonds. The number of nitrogens with one attached hydrogen (secondary N) is 1. The zero-order chi connectivity index (χ0) is 15.4. The van der Waals surface area contributed by atoms with Crippen LogP contribution in [0, 0.1) is 10.1 Å². The van der Waals surface area contributed by atoms with Crippen LogP contribution in [0.5, 0.6) is 0 Å². The van der Waals surface area contributed by atoms with Crippen LogP contribution in [0.1, 0.15) is 38.7 Å². The molecule has 5 heteroatoms. The Labute approximate surface area is 124 Å². The van der Waals surface area contributed by atoms with Gasteiger partial charge in [0.1, 0.15) is 0 Å².